The largest absolute Gasteiger partial charge is 0.444 e. The minimum atomic E-state index is -3.51. The van der Waals surface area contributed by atoms with Crippen LogP contribution in [-0.4, -0.2) is 41.4 Å². The van der Waals surface area contributed by atoms with E-state index in [1.165, 1.54) is 6.07 Å². The van der Waals surface area contributed by atoms with Gasteiger partial charge in [0, 0.05) is 6.26 Å². The molecule has 1 aromatic carbocycles. The first kappa shape index (κ1) is 21.2. The molecule has 8 nitrogen and oxygen atoms in total. The van der Waals surface area contributed by atoms with E-state index in [1.807, 2.05) is 13.8 Å². The number of carbonyl (C=O) groups excluding carboxylic acids is 1. The summed E-state index contributed by atoms with van der Waals surface area (Å²) in [5, 5.41) is 12.3. The van der Waals surface area contributed by atoms with E-state index in [-0.39, 0.29) is 10.8 Å². The normalized spacial score (nSPS) is 13.8. The molecule has 1 atom stereocenters. The van der Waals surface area contributed by atoms with Gasteiger partial charge in [-0.2, -0.15) is 0 Å². The number of hydrogen-bond acceptors (Lipinski definition) is 6. The molecule has 1 aromatic heterocycles. The highest BCUT2D eigenvalue weighted by molar-refractivity contribution is 7.90. The molecule has 9 heteroatoms. The van der Waals surface area contributed by atoms with Crippen molar-refractivity contribution < 1.29 is 23.1 Å². The van der Waals surface area contributed by atoms with Crippen molar-refractivity contribution in [1.29, 1.82) is 0 Å². The standard InChI is InChI=1S/C18H27N3O5S/c1-10(2)15(21-17(23)26-18(3,4)5)16-19-12-7-11(9-22)14(27(6,24)25)8-13(12)20-16/h7-8,10,15,22H,9H2,1-6H3,(H,19,20)(H,21,23). The third kappa shape index (κ3) is 5.20. The molecule has 2 aromatic rings. The highest BCUT2D eigenvalue weighted by Gasteiger charge is 2.26. The molecule has 0 radical (unpaired) electrons. The first-order chi connectivity index (χ1) is 12.3. The average Bonchev–Trinajstić information content (AvgIpc) is 2.90. The molecule has 0 saturated carbocycles. The van der Waals surface area contributed by atoms with Crippen molar-refractivity contribution in [3.63, 3.8) is 0 Å². The average molecular weight is 397 g/mol. The first-order valence-electron chi connectivity index (χ1n) is 8.65. The molecular weight excluding hydrogens is 370 g/mol. The van der Waals surface area contributed by atoms with E-state index in [2.05, 4.69) is 15.3 Å². The molecule has 2 rings (SSSR count). The van der Waals surface area contributed by atoms with Gasteiger partial charge in [0.15, 0.2) is 9.84 Å². The lowest BCUT2D eigenvalue weighted by Crippen LogP contribution is -2.37. The van der Waals surface area contributed by atoms with Gasteiger partial charge in [-0.15, -0.1) is 0 Å². The van der Waals surface area contributed by atoms with Gasteiger partial charge in [-0.05, 0) is 44.4 Å². The molecule has 1 unspecified atom stereocenters. The molecule has 0 bridgehead atoms. The van der Waals surface area contributed by atoms with Gasteiger partial charge in [-0.1, -0.05) is 13.8 Å². The maximum absolute atomic E-state index is 12.2. The number of rotatable bonds is 5. The Bertz CT molecular complexity index is 942. The van der Waals surface area contributed by atoms with Crippen LogP contribution in [0.5, 0.6) is 0 Å². The number of H-pyrrole nitrogens is 1. The predicted octanol–water partition coefficient (Wildman–Crippen LogP) is 2.68. The number of nitrogens with zero attached hydrogens (tertiary/aromatic N) is 1. The maximum atomic E-state index is 12.2. The molecule has 3 N–H and O–H groups in total. The lowest BCUT2D eigenvalue weighted by molar-refractivity contribution is 0.0486. The van der Waals surface area contributed by atoms with Crippen molar-refractivity contribution in [1.82, 2.24) is 15.3 Å². The number of amides is 1. The lowest BCUT2D eigenvalue weighted by Gasteiger charge is -2.24. The molecule has 150 valence electrons. The van der Waals surface area contributed by atoms with Gasteiger partial charge < -0.3 is 20.1 Å². The fourth-order valence-corrected chi connectivity index (χ4v) is 3.63. The number of sulfone groups is 1. The molecule has 0 aliphatic rings. The summed E-state index contributed by atoms with van der Waals surface area (Å²) in [4.78, 5) is 19.8. The Labute approximate surface area is 159 Å². The van der Waals surface area contributed by atoms with Crippen LogP contribution in [0.3, 0.4) is 0 Å². The Morgan fingerprint density at radius 3 is 2.44 bits per heavy atom. The number of nitrogens with one attached hydrogen (secondary N) is 2. The summed E-state index contributed by atoms with van der Waals surface area (Å²) < 4.78 is 29.2. The number of imidazole rings is 1. The minimum absolute atomic E-state index is 0.00442. The minimum Gasteiger partial charge on any atom is -0.444 e. The highest BCUT2D eigenvalue weighted by Crippen LogP contribution is 2.27. The molecule has 0 aliphatic carbocycles. The van der Waals surface area contributed by atoms with E-state index in [0.29, 0.717) is 22.4 Å². The summed E-state index contributed by atoms with van der Waals surface area (Å²) in [5.74, 6) is 0.491. The smallest absolute Gasteiger partial charge is 0.408 e. The Morgan fingerprint density at radius 1 is 1.33 bits per heavy atom. The van der Waals surface area contributed by atoms with Crippen LogP contribution in [-0.2, 0) is 21.2 Å². The molecular formula is C18H27N3O5S. The molecule has 0 saturated heterocycles. The van der Waals surface area contributed by atoms with Gasteiger partial charge in [-0.3, -0.25) is 0 Å². The summed E-state index contributed by atoms with van der Waals surface area (Å²) >= 11 is 0. The third-order valence-electron chi connectivity index (χ3n) is 3.89. The van der Waals surface area contributed by atoms with Crippen molar-refractivity contribution in [2.75, 3.05) is 6.26 Å². The van der Waals surface area contributed by atoms with Gasteiger partial charge in [-0.25, -0.2) is 18.2 Å². The highest BCUT2D eigenvalue weighted by atomic mass is 32.2. The molecule has 0 spiro atoms. The van der Waals surface area contributed by atoms with Crippen molar-refractivity contribution in [2.24, 2.45) is 5.92 Å². The monoisotopic (exact) mass is 397 g/mol. The van der Waals surface area contributed by atoms with Crippen LogP contribution in [0.25, 0.3) is 11.0 Å². The van der Waals surface area contributed by atoms with Crippen LogP contribution in [0.4, 0.5) is 4.79 Å². The fraction of sp³-hybridized carbons (Fsp3) is 0.556. The summed E-state index contributed by atoms with van der Waals surface area (Å²) in [6.07, 6.45) is 0.525. The van der Waals surface area contributed by atoms with E-state index in [1.54, 1.807) is 26.8 Å². The summed E-state index contributed by atoms with van der Waals surface area (Å²) in [7, 11) is -3.51. The molecule has 0 aliphatic heterocycles. The second kappa shape index (κ2) is 7.47. The van der Waals surface area contributed by atoms with Crippen molar-refractivity contribution >= 4 is 27.0 Å². The number of aliphatic hydroxyl groups excluding tert-OH is 1. The van der Waals surface area contributed by atoms with Crippen LogP contribution < -0.4 is 5.32 Å². The number of aliphatic hydroxyl groups is 1. The molecule has 1 heterocycles. The number of aromatic amines is 1. The second-order valence-electron chi connectivity index (χ2n) is 7.90. The van der Waals surface area contributed by atoms with Gasteiger partial charge in [0.25, 0.3) is 0 Å². The number of alkyl carbamates (subject to hydrolysis) is 1. The molecule has 27 heavy (non-hydrogen) atoms. The second-order valence-corrected chi connectivity index (χ2v) is 9.88. The van der Waals surface area contributed by atoms with Crippen LogP contribution in [0, 0.1) is 5.92 Å². The van der Waals surface area contributed by atoms with E-state index in [4.69, 9.17) is 4.74 Å². The van der Waals surface area contributed by atoms with Crippen LogP contribution >= 0.6 is 0 Å². The number of fused-ring (bicyclic) bond motifs is 1. The Balaban J connectivity index is 2.44. The first-order valence-corrected chi connectivity index (χ1v) is 10.5. The van der Waals surface area contributed by atoms with Crippen LogP contribution in [0.15, 0.2) is 17.0 Å². The number of carbonyl (C=O) groups is 1. The fourth-order valence-electron chi connectivity index (χ4n) is 2.70. The molecule has 1 amide bonds. The topological polar surface area (TPSA) is 121 Å². The van der Waals surface area contributed by atoms with Gasteiger partial charge in [0.05, 0.1) is 28.6 Å². The Kier molecular flexibility index (Phi) is 5.86. The SMILES string of the molecule is CC(C)C(NC(=O)OC(C)(C)C)c1nc2cc(S(C)(=O)=O)c(CO)cc2[nH]1. The predicted molar refractivity (Wildman–Crippen MR) is 102 cm³/mol. The Morgan fingerprint density at radius 2 is 1.96 bits per heavy atom. The van der Waals surface area contributed by atoms with Crippen molar-refractivity contribution in [2.45, 2.75) is 57.8 Å². The van der Waals surface area contributed by atoms with Gasteiger partial charge in [0.1, 0.15) is 11.4 Å². The van der Waals surface area contributed by atoms with Gasteiger partial charge >= 0.3 is 6.09 Å². The van der Waals surface area contributed by atoms with E-state index in [0.717, 1.165) is 6.26 Å². The zero-order valence-electron chi connectivity index (χ0n) is 16.5. The summed E-state index contributed by atoms with van der Waals surface area (Å²) in [5.41, 5.74) is 0.693. The van der Waals surface area contributed by atoms with E-state index < -0.39 is 34.2 Å². The maximum Gasteiger partial charge on any atom is 0.408 e. The number of ether oxygens (including phenoxy) is 1. The molecule has 0 fully saturated rings. The van der Waals surface area contributed by atoms with Crippen LogP contribution in [0.1, 0.15) is 52.0 Å². The Hall–Kier alpha value is -2.13. The zero-order valence-corrected chi connectivity index (χ0v) is 17.3. The number of benzene rings is 1. The summed E-state index contributed by atoms with van der Waals surface area (Å²) in [6.45, 7) is 8.78. The van der Waals surface area contributed by atoms with Crippen LogP contribution in [0.2, 0.25) is 0 Å². The summed E-state index contributed by atoms with van der Waals surface area (Å²) in [6, 6.07) is 2.54. The zero-order chi connectivity index (χ0) is 20.6. The van der Waals surface area contributed by atoms with Crippen molar-refractivity contribution in [3.8, 4) is 0 Å². The lowest BCUT2D eigenvalue weighted by atomic mass is 10.0. The number of hydrogen-bond donors (Lipinski definition) is 3. The van der Waals surface area contributed by atoms with Gasteiger partial charge in [0.2, 0.25) is 0 Å². The van der Waals surface area contributed by atoms with Crippen molar-refractivity contribution in [3.05, 3.63) is 23.5 Å². The van der Waals surface area contributed by atoms with E-state index >= 15 is 0 Å². The quantitative estimate of drug-likeness (QED) is 0.713. The number of aromatic nitrogens is 2. The van der Waals surface area contributed by atoms with E-state index in [9.17, 15) is 18.3 Å². The third-order valence-corrected chi connectivity index (χ3v) is 5.06.